The summed E-state index contributed by atoms with van der Waals surface area (Å²) in [7, 11) is 0. The maximum atomic E-state index is 11.9. The van der Waals surface area contributed by atoms with Crippen LogP contribution in [0.1, 0.15) is 66.7 Å². The van der Waals surface area contributed by atoms with E-state index in [9.17, 15) is 4.79 Å². The monoisotopic (exact) mass is 417 g/mol. The summed E-state index contributed by atoms with van der Waals surface area (Å²) in [6.45, 7) is 4.28. The molecule has 2 aromatic rings. The number of carbonyl (C=O) groups excluding carboxylic acids is 1. The van der Waals surface area contributed by atoms with Gasteiger partial charge < -0.3 is 10.2 Å². The van der Waals surface area contributed by atoms with Crippen LogP contribution in [-0.4, -0.2) is 42.0 Å². The van der Waals surface area contributed by atoms with Gasteiger partial charge in [-0.15, -0.1) is 0 Å². The number of unbranched alkanes of at least 4 members (excludes halogenated alkanes) is 1. The zero-order valence-corrected chi connectivity index (χ0v) is 18.6. The van der Waals surface area contributed by atoms with Crippen molar-refractivity contribution in [3.8, 4) is 0 Å². The molecule has 0 atom stereocenters. The summed E-state index contributed by atoms with van der Waals surface area (Å²) >= 11 is 0. The molecule has 1 fully saturated rings. The van der Waals surface area contributed by atoms with Crippen LogP contribution in [0.25, 0.3) is 6.08 Å². The van der Waals surface area contributed by atoms with E-state index in [1.54, 1.807) is 41.2 Å². The third-order valence-corrected chi connectivity index (χ3v) is 6.77. The smallest absolute Gasteiger partial charge is 0.243 e. The number of likely N-dealkylation sites (tertiary alicyclic amines) is 1. The van der Waals surface area contributed by atoms with Crippen LogP contribution >= 0.6 is 0 Å². The predicted molar refractivity (Wildman–Crippen MR) is 127 cm³/mol. The van der Waals surface area contributed by atoms with Crippen molar-refractivity contribution in [1.29, 1.82) is 0 Å². The molecule has 2 heterocycles. The fraction of sp³-hybridized carbons (Fsp3) is 0.481. The predicted octanol–water partition coefficient (Wildman–Crippen LogP) is 4.75. The highest BCUT2D eigenvalue weighted by atomic mass is 16.1. The molecule has 1 aromatic carbocycles. The quantitative estimate of drug-likeness (QED) is 0.498. The Hall–Kier alpha value is -2.46. The molecule has 1 aromatic heterocycles. The molecule has 1 aliphatic carbocycles. The average molecular weight is 418 g/mol. The van der Waals surface area contributed by atoms with Gasteiger partial charge in [0.1, 0.15) is 0 Å². The number of fused-ring (bicyclic) bond motifs is 1. The van der Waals surface area contributed by atoms with Crippen molar-refractivity contribution in [2.45, 2.75) is 57.3 Å². The average Bonchev–Trinajstić information content (AvgIpc) is 2.83. The van der Waals surface area contributed by atoms with Crippen molar-refractivity contribution in [2.24, 2.45) is 0 Å². The zero-order valence-electron chi connectivity index (χ0n) is 18.6. The van der Waals surface area contributed by atoms with E-state index in [4.69, 9.17) is 0 Å². The first-order valence-corrected chi connectivity index (χ1v) is 12.0. The van der Waals surface area contributed by atoms with Crippen molar-refractivity contribution >= 4 is 12.0 Å². The largest absolute Gasteiger partial charge is 0.353 e. The molecule has 0 spiro atoms. The van der Waals surface area contributed by atoms with Crippen LogP contribution in [0.4, 0.5) is 0 Å². The number of amides is 1. The van der Waals surface area contributed by atoms with Crippen molar-refractivity contribution in [3.63, 3.8) is 0 Å². The Morgan fingerprint density at radius 1 is 1.10 bits per heavy atom. The van der Waals surface area contributed by atoms with Gasteiger partial charge in [-0.25, -0.2) is 0 Å². The molecule has 164 valence electrons. The van der Waals surface area contributed by atoms with E-state index in [1.165, 1.54) is 51.6 Å². The lowest BCUT2D eigenvalue weighted by Crippen LogP contribution is -2.34. The van der Waals surface area contributed by atoms with Gasteiger partial charge in [0.2, 0.25) is 5.91 Å². The highest BCUT2D eigenvalue weighted by Gasteiger charge is 2.24. The molecule has 1 saturated heterocycles. The lowest BCUT2D eigenvalue weighted by atomic mass is 9.80. The molecule has 0 radical (unpaired) electrons. The van der Waals surface area contributed by atoms with Gasteiger partial charge in [0.25, 0.3) is 0 Å². The Kier molecular flexibility index (Phi) is 7.89. The molecule has 0 unspecified atom stereocenters. The van der Waals surface area contributed by atoms with Gasteiger partial charge in [-0.3, -0.25) is 9.78 Å². The maximum Gasteiger partial charge on any atom is 0.243 e. The van der Waals surface area contributed by atoms with Gasteiger partial charge >= 0.3 is 0 Å². The second kappa shape index (κ2) is 11.2. The van der Waals surface area contributed by atoms with Crippen molar-refractivity contribution < 1.29 is 4.79 Å². The number of benzene rings is 1. The minimum Gasteiger partial charge on any atom is -0.353 e. The summed E-state index contributed by atoms with van der Waals surface area (Å²) in [6.07, 6.45) is 16.9. The van der Waals surface area contributed by atoms with Gasteiger partial charge in [-0.1, -0.05) is 24.3 Å². The van der Waals surface area contributed by atoms with Crippen LogP contribution < -0.4 is 5.32 Å². The van der Waals surface area contributed by atoms with E-state index in [0.717, 1.165) is 37.4 Å². The third kappa shape index (κ3) is 6.27. The Morgan fingerprint density at radius 2 is 1.97 bits per heavy atom. The zero-order chi connectivity index (χ0) is 21.3. The van der Waals surface area contributed by atoms with Crippen LogP contribution in [0, 0.1) is 0 Å². The number of piperidine rings is 1. The van der Waals surface area contributed by atoms with Crippen molar-refractivity contribution in [2.75, 3.05) is 26.2 Å². The molecule has 1 aliphatic heterocycles. The number of hydrogen-bond donors (Lipinski definition) is 1. The SMILES string of the molecule is O=C(C=Cc1cccnc1)NCCCCN1CCC(c2cccc3c2CCCC3)CC1. The Labute approximate surface area is 186 Å². The standard InChI is InChI=1S/C27H35N3O/c31-27(13-12-22-7-6-16-28-21-22)29-17-3-4-18-30-19-14-24(15-20-30)26-11-5-9-23-8-1-2-10-25(23)26/h5-7,9,11-13,16,21,24H,1-4,8,10,14-15,17-20H2,(H,29,31). The van der Waals surface area contributed by atoms with Crippen LogP contribution in [0.15, 0.2) is 48.8 Å². The summed E-state index contributed by atoms with van der Waals surface area (Å²) in [6, 6.07) is 10.8. The molecule has 0 bridgehead atoms. The lowest BCUT2D eigenvalue weighted by Gasteiger charge is -2.34. The number of nitrogens with one attached hydrogen (secondary N) is 1. The minimum absolute atomic E-state index is 0.0316. The van der Waals surface area contributed by atoms with Gasteiger partial charge in [-0.05, 0) is 111 Å². The molecule has 1 N–H and O–H groups in total. The molecule has 0 saturated carbocycles. The number of nitrogens with zero attached hydrogens (tertiary/aromatic N) is 2. The van der Waals surface area contributed by atoms with Gasteiger partial charge in [0.05, 0.1) is 0 Å². The molecule has 4 nitrogen and oxygen atoms in total. The van der Waals surface area contributed by atoms with E-state index >= 15 is 0 Å². The first kappa shape index (κ1) is 21.8. The Balaban J connectivity index is 1.12. The fourth-order valence-corrected chi connectivity index (χ4v) is 5.04. The first-order valence-electron chi connectivity index (χ1n) is 12.0. The summed E-state index contributed by atoms with van der Waals surface area (Å²) in [5.74, 6) is 0.714. The number of aromatic nitrogens is 1. The van der Waals surface area contributed by atoms with E-state index in [2.05, 4.69) is 33.4 Å². The third-order valence-electron chi connectivity index (χ3n) is 6.77. The van der Waals surface area contributed by atoms with Crippen LogP contribution in [0.3, 0.4) is 0 Å². The molecular formula is C27H35N3O. The molecule has 31 heavy (non-hydrogen) atoms. The fourth-order valence-electron chi connectivity index (χ4n) is 5.04. The summed E-state index contributed by atoms with van der Waals surface area (Å²) in [5.41, 5.74) is 5.89. The number of pyridine rings is 1. The van der Waals surface area contributed by atoms with Crippen molar-refractivity contribution in [1.82, 2.24) is 15.2 Å². The minimum atomic E-state index is -0.0316. The van der Waals surface area contributed by atoms with Crippen molar-refractivity contribution in [3.05, 3.63) is 71.1 Å². The Bertz CT molecular complexity index is 869. The topological polar surface area (TPSA) is 45.2 Å². The number of hydrogen-bond acceptors (Lipinski definition) is 3. The summed E-state index contributed by atoms with van der Waals surface area (Å²) in [5, 5.41) is 2.98. The molecule has 4 rings (SSSR count). The van der Waals surface area contributed by atoms with Gasteiger partial charge in [0.15, 0.2) is 0 Å². The number of carbonyl (C=O) groups is 1. The molecular weight excluding hydrogens is 382 g/mol. The van der Waals surface area contributed by atoms with E-state index in [1.807, 2.05) is 12.1 Å². The van der Waals surface area contributed by atoms with Gasteiger partial charge in [-0.2, -0.15) is 0 Å². The number of aryl methyl sites for hydroxylation is 1. The van der Waals surface area contributed by atoms with Crippen LogP contribution in [0.5, 0.6) is 0 Å². The highest BCUT2D eigenvalue weighted by Crippen LogP contribution is 2.34. The molecule has 4 heteroatoms. The highest BCUT2D eigenvalue weighted by molar-refractivity contribution is 5.91. The normalized spacial score (nSPS) is 17.5. The van der Waals surface area contributed by atoms with Crippen LogP contribution in [-0.2, 0) is 17.6 Å². The van der Waals surface area contributed by atoms with E-state index in [0.29, 0.717) is 0 Å². The van der Waals surface area contributed by atoms with Gasteiger partial charge in [0, 0.05) is 25.0 Å². The second-order valence-corrected chi connectivity index (χ2v) is 8.93. The van der Waals surface area contributed by atoms with E-state index < -0.39 is 0 Å². The molecule has 2 aliphatic rings. The summed E-state index contributed by atoms with van der Waals surface area (Å²) < 4.78 is 0. The molecule has 1 amide bonds. The number of rotatable bonds is 8. The second-order valence-electron chi connectivity index (χ2n) is 8.93. The first-order chi connectivity index (χ1) is 15.3. The Morgan fingerprint density at radius 3 is 2.81 bits per heavy atom. The summed E-state index contributed by atoms with van der Waals surface area (Å²) in [4.78, 5) is 18.6. The van der Waals surface area contributed by atoms with E-state index in [-0.39, 0.29) is 5.91 Å². The maximum absolute atomic E-state index is 11.9. The lowest BCUT2D eigenvalue weighted by molar-refractivity contribution is -0.116. The van der Waals surface area contributed by atoms with Crippen LogP contribution in [0.2, 0.25) is 0 Å².